The van der Waals surface area contributed by atoms with Crippen LogP contribution in [0.25, 0.3) is 10.9 Å². The molecular weight excluding hydrogens is 350 g/mol. The molecule has 2 aromatic heterocycles. The summed E-state index contributed by atoms with van der Waals surface area (Å²) < 4.78 is 0. The van der Waals surface area contributed by atoms with Gasteiger partial charge in [-0.25, -0.2) is 0 Å². The van der Waals surface area contributed by atoms with Gasteiger partial charge in [0, 0.05) is 23.5 Å². The molecule has 0 spiro atoms. The molecule has 6 heteroatoms. The third-order valence-electron chi connectivity index (χ3n) is 4.16. The van der Waals surface area contributed by atoms with Crippen LogP contribution in [-0.4, -0.2) is 15.9 Å². The summed E-state index contributed by atoms with van der Waals surface area (Å²) >= 11 is 0. The number of para-hydroxylation sites is 1. The number of carbonyl (C=O) groups is 1. The van der Waals surface area contributed by atoms with Crippen molar-refractivity contribution < 1.29 is 4.79 Å². The Morgan fingerprint density at radius 2 is 1.82 bits per heavy atom. The second-order valence-corrected chi connectivity index (χ2v) is 6.11. The Kier molecular flexibility index (Phi) is 4.64. The first-order valence-electron chi connectivity index (χ1n) is 8.60. The lowest BCUT2D eigenvalue weighted by atomic mass is 10.1. The Labute approximate surface area is 161 Å². The quantitative estimate of drug-likeness (QED) is 0.556. The molecule has 0 aliphatic carbocycles. The van der Waals surface area contributed by atoms with Crippen molar-refractivity contribution in [2.75, 3.05) is 10.6 Å². The number of aromatic nitrogens is 2. The summed E-state index contributed by atoms with van der Waals surface area (Å²) in [4.78, 5) is 21.2. The molecule has 28 heavy (non-hydrogen) atoms. The van der Waals surface area contributed by atoms with Crippen molar-refractivity contribution in [3.05, 3.63) is 90.4 Å². The van der Waals surface area contributed by atoms with E-state index in [-0.39, 0.29) is 5.91 Å². The van der Waals surface area contributed by atoms with Crippen LogP contribution in [0.1, 0.15) is 15.9 Å². The van der Waals surface area contributed by atoms with Crippen LogP contribution in [0, 0.1) is 11.3 Å². The van der Waals surface area contributed by atoms with Crippen molar-refractivity contribution >= 4 is 33.9 Å². The molecule has 0 bridgehead atoms. The monoisotopic (exact) mass is 365 g/mol. The van der Waals surface area contributed by atoms with Crippen LogP contribution in [0.4, 0.5) is 17.1 Å². The van der Waals surface area contributed by atoms with Crippen molar-refractivity contribution in [1.82, 2.24) is 9.97 Å². The summed E-state index contributed by atoms with van der Waals surface area (Å²) in [6, 6.07) is 20.3. The smallest absolute Gasteiger partial charge is 0.257 e. The highest BCUT2D eigenvalue weighted by Gasteiger charge is 2.10. The van der Waals surface area contributed by atoms with E-state index in [1.807, 2.05) is 36.4 Å². The maximum Gasteiger partial charge on any atom is 0.257 e. The van der Waals surface area contributed by atoms with E-state index in [1.165, 1.54) is 6.20 Å². The van der Waals surface area contributed by atoms with Crippen LogP contribution in [0.5, 0.6) is 0 Å². The van der Waals surface area contributed by atoms with Crippen molar-refractivity contribution in [3.8, 4) is 6.07 Å². The summed E-state index contributed by atoms with van der Waals surface area (Å²) in [5, 5.41) is 16.0. The van der Waals surface area contributed by atoms with Crippen LogP contribution < -0.4 is 10.6 Å². The van der Waals surface area contributed by atoms with E-state index in [9.17, 15) is 4.79 Å². The Morgan fingerprint density at radius 1 is 0.964 bits per heavy atom. The lowest BCUT2D eigenvalue weighted by Crippen LogP contribution is -2.13. The first kappa shape index (κ1) is 17.2. The summed E-state index contributed by atoms with van der Waals surface area (Å²) in [5.74, 6) is -0.278. The van der Waals surface area contributed by atoms with Gasteiger partial charge < -0.3 is 10.6 Å². The number of amides is 1. The van der Waals surface area contributed by atoms with Gasteiger partial charge in [0.25, 0.3) is 5.91 Å². The van der Waals surface area contributed by atoms with E-state index in [0.29, 0.717) is 22.5 Å². The second-order valence-electron chi connectivity index (χ2n) is 6.11. The Morgan fingerprint density at radius 3 is 2.71 bits per heavy atom. The van der Waals surface area contributed by atoms with Gasteiger partial charge in [0.2, 0.25) is 0 Å². The molecule has 2 heterocycles. The highest BCUT2D eigenvalue weighted by atomic mass is 16.1. The number of hydrogen-bond acceptors (Lipinski definition) is 5. The first-order valence-corrected chi connectivity index (χ1v) is 8.60. The van der Waals surface area contributed by atoms with Gasteiger partial charge in [-0.1, -0.05) is 24.3 Å². The highest BCUT2D eigenvalue weighted by Crippen LogP contribution is 2.22. The number of fused-ring (bicyclic) bond motifs is 1. The number of carbonyl (C=O) groups excluding carboxylic acids is 1. The molecule has 1 amide bonds. The zero-order valence-corrected chi connectivity index (χ0v) is 14.8. The van der Waals surface area contributed by atoms with E-state index < -0.39 is 0 Å². The molecule has 0 fully saturated rings. The van der Waals surface area contributed by atoms with E-state index >= 15 is 0 Å². The van der Waals surface area contributed by atoms with Crippen LogP contribution >= 0.6 is 0 Å². The number of pyridine rings is 2. The molecule has 0 saturated carbocycles. The topological polar surface area (TPSA) is 90.7 Å². The fourth-order valence-corrected chi connectivity index (χ4v) is 2.87. The molecule has 4 aromatic rings. The number of nitrogens with one attached hydrogen (secondary N) is 2. The molecular formula is C22H15N5O. The average molecular weight is 365 g/mol. The van der Waals surface area contributed by atoms with Gasteiger partial charge >= 0.3 is 0 Å². The van der Waals surface area contributed by atoms with E-state index in [0.717, 1.165) is 16.6 Å². The number of rotatable bonds is 4. The van der Waals surface area contributed by atoms with Crippen molar-refractivity contribution in [2.24, 2.45) is 0 Å². The number of anilines is 3. The van der Waals surface area contributed by atoms with Gasteiger partial charge in [0.15, 0.2) is 0 Å². The molecule has 0 unspecified atom stereocenters. The number of benzene rings is 2. The minimum atomic E-state index is -0.278. The van der Waals surface area contributed by atoms with Gasteiger partial charge in [-0.3, -0.25) is 14.8 Å². The van der Waals surface area contributed by atoms with E-state index in [4.69, 9.17) is 5.26 Å². The predicted octanol–water partition coefficient (Wildman–Crippen LogP) is 4.50. The minimum absolute atomic E-state index is 0.278. The Balaban J connectivity index is 1.57. The van der Waals surface area contributed by atoms with Crippen LogP contribution in [-0.2, 0) is 0 Å². The van der Waals surface area contributed by atoms with Gasteiger partial charge in [-0.2, -0.15) is 5.26 Å². The van der Waals surface area contributed by atoms with Gasteiger partial charge in [0.1, 0.15) is 0 Å². The molecule has 0 aliphatic heterocycles. The van der Waals surface area contributed by atoms with Gasteiger partial charge in [0.05, 0.1) is 40.3 Å². The van der Waals surface area contributed by atoms with E-state index in [1.54, 1.807) is 36.7 Å². The number of nitriles is 1. The molecule has 0 aliphatic rings. The van der Waals surface area contributed by atoms with Gasteiger partial charge in [-0.05, 0) is 36.4 Å². The molecule has 2 N–H and O–H groups in total. The lowest BCUT2D eigenvalue weighted by Gasteiger charge is -2.10. The fraction of sp³-hybridized carbons (Fsp3) is 0. The number of hydrogen-bond donors (Lipinski definition) is 2. The van der Waals surface area contributed by atoms with Crippen LogP contribution in [0.15, 0.2) is 79.3 Å². The average Bonchev–Trinajstić information content (AvgIpc) is 2.74. The summed E-state index contributed by atoms with van der Waals surface area (Å²) in [7, 11) is 0. The van der Waals surface area contributed by atoms with Gasteiger partial charge in [-0.15, -0.1) is 0 Å². The highest BCUT2D eigenvalue weighted by molar-refractivity contribution is 6.08. The Hall–Kier alpha value is -4.24. The number of nitrogens with zero attached hydrogens (tertiary/aromatic N) is 3. The zero-order chi connectivity index (χ0) is 19.3. The Bertz CT molecular complexity index is 1210. The normalized spacial score (nSPS) is 10.2. The third kappa shape index (κ3) is 3.64. The molecule has 2 aromatic carbocycles. The summed E-state index contributed by atoms with van der Waals surface area (Å²) in [5.41, 5.74) is 3.73. The third-order valence-corrected chi connectivity index (χ3v) is 4.16. The maximum atomic E-state index is 12.7. The summed E-state index contributed by atoms with van der Waals surface area (Å²) in [6.45, 7) is 0. The molecule has 4 rings (SSSR count). The van der Waals surface area contributed by atoms with E-state index in [2.05, 4.69) is 26.7 Å². The molecule has 0 radical (unpaired) electrons. The lowest BCUT2D eigenvalue weighted by molar-refractivity contribution is 0.102. The zero-order valence-electron chi connectivity index (χ0n) is 14.8. The van der Waals surface area contributed by atoms with Crippen molar-refractivity contribution in [1.29, 1.82) is 5.26 Å². The fourth-order valence-electron chi connectivity index (χ4n) is 2.87. The standard InChI is InChI=1S/C22H15N5O/c23-12-15-4-1-7-18(10-15)26-19-11-17(13-24-14-19)22(28)27-20-8-2-5-16-6-3-9-25-21(16)20/h1-11,13-14,26H,(H,27,28). The SMILES string of the molecule is N#Cc1cccc(Nc2cncc(C(=O)Nc3cccc4cccnc34)c2)c1. The van der Waals surface area contributed by atoms with Crippen molar-refractivity contribution in [2.45, 2.75) is 0 Å². The maximum absolute atomic E-state index is 12.7. The second kappa shape index (κ2) is 7.56. The molecule has 0 atom stereocenters. The molecule has 6 nitrogen and oxygen atoms in total. The molecule has 0 saturated heterocycles. The first-order chi connectivity index (χ1) is 13.7. The minimum Gasteiger partial charge on any atom is -0.354 e. The summed E-state index contributed by atoms with van der Waals surface area (Å²) in [6.07, 6.45) is 4.82. The largest absolute Gasteiger partial charge is 0.354 e. The molecule has 134 valence electrons. The van der Waals surface area contributed by atoms with Crippen LogP contribution in [0.3, 0.4) is 0 Å². The van der Waals surface area contributed by atoms with Crippen LogP contribution in [0.2, 0.25) is 0 Å². The van der Waals surface area contributed by atoms with Crippen molar-refractivity contribution in [3.63, 3.8) is 0 Å². The predicted molar refractivity (Wildman–Crippen MR) is 108 cm³/mol.